The van der Waals surface area contributed by atoms with Crippen molar-refractivity contribution in [3.63, 3.8) is 0 Å². The quantitative estimate of drug-likeness (QED) is 0.892. The van der Waals surface area contributed by atoms with Crippen LogP contribution < -0.4 is 10.2 Å². The van der Waals surface area contributed by atoms with Gasteiger partial charge in [0, 0.05) is 29.2 Å². The predicted octanol–water partition coefficient (Wildman–Crippen LogP) is 1.95. The maximum Gasteiger partial charge on any atom is 0.321 e. The number of likely N-dealkylation sites (N-methyl/N-ethyl adjacent to an activating group) is 1. The second kappa shape index (κ2) is 5.71. The second-order valence-corrected chi connectivity index (χ2v) is 5.49. The van der Waals surface area contributed by atoms with Crippen molar-refractivity contribution < 1.29 is 9.90 Å². The summed E-state index contributed by atoms with van der Waals surface area (Å²) in [6.45, 7) is 1.71. The number of hydrogen-bond acceptors (Lipinski definition) is 3. The molecule has 0 spiro atoms. The van der Waals surface area contributed by atoms with Crippen LogP contribution in [-0.4, -0.2) is 37.3 Å². The van der Waals surface area contributed by atoms with Gasteiger partial charge in [0.1, 0.15) is 6.04 Å². The molecular formula is C13H17BrN2O2. The van der Waals surface area contributed by atoms with E-state index in [0.29, 0.717) is 0 Å². The van der Waals surface area contributed by atoms with Gasteiger partial charge in [0.25, 0.3) is 0 Å². The second-order valence-electron chi connectivity index (χ2n) is 4.58. The first-order valence-electron chi connectivity index (χ1n) is 6.02. The zero-order valence-electron chi connectivity index (χ0n) is 10.3. The number of rotatable bonds is 4. The normalized spacial score (nSPS) is 21.0. The first-order chi connectivity index (χ1) is 8.61. The lowest BCUT2D eigenvalue weighted by atomic mass is 9.99. The van der Waals surface area contributed by atoms with E-state index in [0.717, 1.165) is 29.7 Å². The third-order valence-corrected chi connectivity index (χ3v) is 3.99. The fraction of sp³-hybridized carbons (Fsp3) is 0.462. The van der Waals surface area contributed by atoms with Gasteiger partial charge in [0.05, 0.1) is 0 Å². The van der Waals surface area contributed by atoms with Gasteiger partial charge in [0.2, 0.25) is 0 Å². The Morgan fingerprint density at radius 3 is 2.72 bits per heavy atom. The van der Waals surface area contributed by atoms with Gasteiger partial charge in [-0.15, -0.1) is 0 Å². The lowest BCUT2D eigenvalue weighted by molar-refractivity contribution is -0.140. The Hall–Kier alpha value is -1.07. The molecule has 1 aliphatic heterocycles. The number of nitrogens with one attached hydrogen (secondary N) is 1. The Kier molecular flexibility index (Phi) is 4.24. The monoisotopic (exact) mass is 312 g/mol. The number of nitrogens with zero attached hydrogens (tertiary/aromatic N) is 1. The Labute approximate surface area is 115 Å². The van der Waals surface area contributed by atoms with E-state index in [1.165, 1.54) is 0 Å². The van der Waals surface area contributed by atoms with E-state index in [4.69, 9.17) is 5.11 Å². The first kappa shape index (κ1) is 13.4. The van der Waals surface area contributed by atoms with E-state index >= 15 is 0 Å². The molecule has 1 saturated heterocycles. The molecule has 0 aromatic heterocycles. The number of aliphatic carboxylic acids is 1. The highest BCUT2D eigenvalue weighted by Gasteiger charge is 2.32. The highest BCUT2D eigenvalue weighted by molar-refractivity contribution is 9.10. The fourth-order valence-corrected chi connectivity index (χ4v) is 2.77. The predicted molar refractivity (Wildman–Crippen MR) is 74.9 cm³/mol. The van der Waals surface area contributed by atoms with Crippen LogP contribution in [0.1, 0.15) is 6.42 Å². The van der Waals surface area contributed by atoms with E-state index in [1.54, 1.807) is 7.05 Å². The van der Waals surface area contributed by atoms with Gasteiger partial charge >= 0.3 is 5.97 Å². The van der Waals surface area contributed by atoms with Crippen molar-refractivity contribution >= 4 is 27.6 Å². The molecule has 2 atom stereocenters. The average molecular weight is 313 g/mol. The Morgan fingerprint density at radius 1 is 1.50 bits per heavy atom. The van der Waals surface area contributed by atoms with Gasteiger partial charge in [-0.1, -0.05) is 15.9 Å². The number of carboxylic acids is 1. The fourth-order valence-electron chi connectivity index (χ4n) is 2.51. The molecule has 4 nitrogen and oxygen atoms in total. The van der Waals surface area contributed by atoms with E-state index in [1.807, 2.05) is 12.1 Å². The van der Waals surface area contributed by atoms with Gasteiger partial charge in [-0.25, -0.2) is 0 Å². The number of anilines is 1. The average Bonchev–Trinajstić information content (AvgIpc) is 2.80. The third-order valence-electron chi connectivity index (χ3n) is 3.46. The van der Waals surface area contributed by atoms with E-state index < -0.39 is 12.0 Å². The summed E-state index contributed by atoms with van der Waals surface area (Å²) in [5.74, 6) is -0.601. The van der Waals surface area contributed by atoms with Gasteiger partial charge in [-0.3, -0.25) is 4.79 Å². The number of benzene rings is 1. The summed E-state index contributed by atoms with van der Waals surface area (Å²) in [6.07, 6.45) is 0.911. The maximum absolute atomic E-state index is 11.1. The van der Waals surface area contributed by atoms with E-state index in [2.05, 4.69) is 38.3 Å². The van der Waals surface area contributed by atoms with Gasteiger partial charge in [0.15, 0.2) is 0 Å². The van der Waals surface area contributed by atoms with E-state index in [9.17, 15) is 4.79 Å². The minimum atomic E-state index is -0.764. The number of carboxylic acid groups (broad SMARTS) is 1. The summed E-state index contributed by atoms with van der Waals surface area (Å²) < 4.78 is 1.06. The molecule has 5 heteroatoms. The van der Waals surface area contributed by atoms with Crippen LogP contribution >= 0.6 is 15.9 Å². The molecule has 0 amide bonds. The van der Waals surface area contributed by atoms with Gasteiger partial charge in [-0.05, 0) is 37.7 Å². The summed E-state index contributed by atoms with van der Waals surface area (Å²) in [7, 11) is 1.71. The van der Waals surface area contributed by atoms with Crippen LogP contribution in [0.3, 0.4) is 0 Å². The van der Waals surface area contributed by atoms with Crippen LogP contribution in [0.4, 0.5) is 5.69 Å². The van der Waals surface area contributed by atoms with Crippen molar-refractivity contribution in [3.8, 4) is 0 Å². The van der Waals surface area contributed by atoms with Crippen LogP contribution in [0.2, 0.25) is 0 Å². The van der Waals surface area contributed by atoms with Crippen molar-refractivity contribution in [2.24, 2.45) is 5.92 Å². The first-order valence-corrected chi connectivity index (χ1v) is 6.81. The molecule has 2 rings (SSSR count). The molecule has 1 aromatic rings. The smallest absolute Gasteiger partial charge is 0.321 e. The third kappa shape index (κ3) is 2.84. The van der Waals surface area contributed by atoms with Crippen molar-refractivity contribution in [1.82, 2.24) is 5.32 Å². The van der Waals surface area contributed by atoms with Crippen molar-refractivity contribution in [3.05, 3.63) is 28.7 Å². The highest BCUT2D eigenvalue weighted by atomic mass is 79.9. The van der Waals surface area contributed by atoms with Crippen molar-refractivity contribution in [1.29, 1.82) is 0 Å². The van der Waals surface area contributed by atoms with Crippen LogP contribution in [-0.2, 0) is 4.79 Å². The molecule has 0 bridgehead atoms. The van der Waals surface area contributed by atoms with E-state index in [-0.39, 0.29) is 5.92 Å². The lowest BCUT2D eigenvalue weighted by Gasteiger charge is -2.21. The summed E-state index contributed by atoms with van der Waals surface area (Å²) in [5, 5.41) is 12.0. The molecule has 1 fully saturated rings. The van der Waals surface area contributed by atoms with Crippen molar-refractivity contribution in [2.75, 3.05) is 25.0 Å². The molecule has 98 valence electrons. The minimum absolute atomic E-state index is 0.163. The van der Waals surface area contributed by atoms with Crippen molar-refractivity contribution in [2.45, 2.75) is 12.5 Å². The number of hydrogen-bond donors (Lipinski definition) is 2. The topological polar surface area (TPSA) is 52.6 Å². The zero-order chi connectivity index (χ0) is 13.1. The molecular weight excluding hydrogens is 296 g/mol. The SMILES string of the molecule is CNC(C(=O)O)C1CCN(c2ccc(Br)cc2)C1. The lowest BCUT2D eigenvalue weighted by Crippen LogP contribution is -2.41. The molecule has 0 aliphatic carbocycles. The molecule has 0 saturated carbocycles. The van der Waals surface area contributed by atoms with Crippen LogP contribution in [0, 0.1) is 5.92 Å². The summed E-state index contributed by atoms with van der Waals surface area (Å²) >= 11 is 3.41. The van der Waals surface area contributed by atoms with Crippen LogP contribution in [0.5, 0.6) is 0 Å². The van der Waals surface area contributed by atoms with Gasteiger partial charge in [-0.2, -0.15) is 0 Å². The summed E-state index contributed by atoms with van der Waals surface area (Å²) in [5.41, 5.74) is 1.15. The molecule has 2 N–H and O–H groups in total. The molecule has 1 aliphatic rings. The van der Waals surface area contributed by atoms with Crippen LogP contribution in [0.15, 0.2) is 28.7 Å². The molecule has 1 aromatic carbocycles. The van der Waals surface area contributed by atoms with Crippen LogP contribution in [0.25, 0.3) is 0 Å². The molecule has 1 heterocycles. The Balaban J connectivity index is 2.04. The zero-order valence-corrected chi connectivity index (χ0v) is 11.9. The largest absolute Gasteiger partial charge is 0.480 e. The standard InChI is InChI=1S/C13H17BrN2O2/c1-15-12(13(17)18)9-6-7-16(8-9)11-4-2-10(14)3-5-11/h2-5,9,12,15H,6-8H2,1H3,(H,17,18). The maximum atomic E-state index is 11.1. The molecule has 0 radical (unpaired) electrons. The number of carbonyl (C=O) groups is 1. The van der Waals surface area contributed by atoms with Gasteiger partial charge < -0.3 is 15.3 Å². The number of halogens is 1. The Bertz CT molecular complexity index is 422. The molecule has 2 unspecified atom stereocenters. The summed E-state index contributed by atoms with van der Waals surface area (Å²) in [4.78, 5) is 13.4. The molecule has 18 heavy (non-hydrogen) atoms. The minimum Gasteiger partial charge on any atom is -0.480 e. The summed E-state index contributed by atoms with van der Waals surface area (Å²) in [6, 6.07) is 7.68. The Morgan fingerprint density at radius 2 is 2.17 bits per heavy atom. The highest BCUT2D eigenvalue weighted by Crippen LogP contribution is 2.26.